The van der Waals surface area contributed by atoms with Crippen LogP contribution in [0.3, 0.4) is 0 Å². The van der Waals surface area contributed by atoms with Gasteiger partial charge in [0.2, 0.25) is 0 Å². The number of rotatable bonds is 3. The maximum absolute atomic E-state index is 15.5. The molecule has 2 heterocycles. The summed E-state index contributed by atoms with van der Waals surface area (Å²) in [5.74, 6) is -0.523. The summed E-state index contributed by atoms with van der Waals surface area (Å²) in [6.45, 7) is 5.50. The van der Waals surface area contributed by atoms with Gasteiger partial charge in [0, 0.05) is 42.0 Å². The minimum atomic E-state index is -0.731. The van der Waals surface area contributed by atoms with Gasteiger partial charge in [-0.25, -0.2) is 4.39 Å². The smallest absolute Gasteiger partial charge is 0.155 e. The van der Waals surface area contributed by atoms with Gasteiger partial charge in [-0.1, -0.05) is 6.92 Å². The van der Waals surface area contributed by atoms with E-state index in [1.54, 1.807) is 13.1 Å². The van der Waals surface area contributed by atoms with Crippen LogP contribution in [0, 0.1) is 28.5 Å². The van der Waals surface area contributed by atoms with E-state index in [0.717, 1.165) is 16.8 Å². The molecule has 1 aromatic heterocycles. The third-order valence-corrected chi connectivity index (χ3v) is 5.43. The van der Waals surface area contributed by atoms with Crippen LogP contribution >= 0.6 is 0 Å². The molecule has 0 saturated carbocycles. The van der Waals surface area contributed by atoms with Gasteiger partial charge in [-0.05, 0) is 26.3 Å². The van der Waals surface area contributed by atoms with Gasteiger partial charge >= 0.3 is 0 Å². The second kappa shape index (κ2) is 6.77. The number of hydrogen-bond acceptors (Lipinski definition) is 5. The molecule has 138 valence electrons. The quantitative estimate of drug-likeness (QED) is 0.861. The first-order valence-corrected chi connectivity index (χ1v) is 8.73. The Morgan fingerprint density at radius 3 is 2.33 bits per heavy atom. The van der Waals surface area contributed by atoms with Crippen LogP contribution < -0.4 is 5.32 Å². The molecule has 7 heteroatoms. The molecule has 0 bridgehead atoms. The number of aryl methyl sites for hydroxylation is 1. The molecular formula is C20H21FN6. The van der Waals surface area contributed by atoms with E-state index in [1.165, 1.54) is 0 Å². The summed E-state index contributed by atoms with van der Waals surface area (Å²) in [5.41, 5.74) is 3.67. The van der Waals surface area contributed by atoms with Crippen molar-refractivity contribution in [2.75, 3.05) is 19.4 Å². The lowest BCUT2D eigenvalue weighted by Gasteiger charge is -2.33. The van der Waals surface area contributed by atoms with Crippen molar-refractivity contribution in [2.45, 2.75) is 33.1 Å². The van der Waals surface area contributed by atoms with E-state index in [1.807, 2.05) is 32.7 Å². The molecule has 0 aliphatic carbocycles. The van der Waals surface area contributed by atoms with Crippen LogP contribution in [-0.4, -0.2) is 29.2 Å². The fraction of sp³-hybridized carbons (Fsp3) is 0.350. The molecule has 0 saturated heterocycles. The fourth-order valence-electron chi connectivity index (χ4n) is 3.73. The molecule has 3 rings (SSSR count). The van der Waals surface area contributed by atoms with Gasteiger partial charge in [0.05, 0.1) is 34.7 Å². The summed E-state index contributed by atoms with van der Waals surface area (Å²) in [6.07, 6.45) is 0.462. The summed E-state index contributed by atoms with van der Waals surface area (Å²) in [4.78, 5) is 1.81. The number of fused-ring (bicyclic) bond motifs is 1. The number of nitriles is 2. The molecule has 2 aromatic rings. The molecule has 1 aliphatic rings. The van der Waals surface area contributed by atoms with Gasteiger partial charge < -0.3 is 10.2 Å². The Balaban J connectivity index is 2.41. The Hall–Kier alpha value is -3.32. The normalized spacial score (nSPS) is 15.3. The van der Waals surface area contributed by atoms with E-state index in [0.29, 0.717) is 40.0 Å². The Morgan fingerprint density at radius 1 is 1.26 bits per heavy atom. The van der Waals surface area contributed by atoms with Gasteiger partial charge in [0.1, 0.15) is 5.82 Å². The number of H-pyrrole nitrogens is 1. The SMILES string of the molecule is CCc1c(F)c(C2C(C#N)=C(C)N(C)C(C)=C2C#N)cc2c(NC)n[nH]c12. The second-order valence-electron chi connectivity index (χ2n) is 6.57. The molecule has 2 N–H and O–H groups in total. The van der Waals surface area contributed by atoms with Crippen LogP contribution in [0.15, 0.2) is 28.6 Å². The van der Waals surface area contributed by atoms with E-state index in [-0.39, 0.29) is 0 Å². The first kappa shape index (κ1) is 18.5. The van der Waals surface area contributed by atoms with Gasteiger partial charge in [-0.2, -0.15) is 15.6 Å². The number of halogens is 1. The minimum Gasteiger partial charge on any atom is -0.371 e. The Bertz CT molecular complexity index is 1040. The predicted molar refractivity (Wildman–Crippen MR) is 102 cm³/mol. The lowest BCUT2D eigenvalue weighted by molar-refractivity contribution is 0.486. The van der Waals surface area contributed by atoms with Gasteiger partial charge in [0.15, 0.2) is 5.82 Å². The molecule has 0 amide bonds. The van der Waals surface area contributed by atoms with E-state index >= 15 is 4.39 Å². The molecular weight excluding hydrogens is 343 g/mol. The number of aromatic nitrogens is 2. The molecule has 0 unspecified atom stereocenters. The molecule has 0 spiro atoms. The monoisotopic (exact) mass is 364 g/mol. The second-order valence-corrected chi connectivity index (χ2v) is 6.57. The number of anilines is 1. The van der Waals surface area contributed by atoms with Gasteiger partial charge in [-0.3, -0.25) is 5.10 Å². The average molecular weight is 364 g/mol. The van der Waals surface area contributed by atoms with Crippen LogP contribution in [-0.2, 0) is 6.42 Å². The zero-order valence-electron chi connectivity index (χ0n) is 16.0. The molecule has 27 heavy (non-hydrogen) atoms. The largest absolute Gasteiger partial charge is 0.371 e. The topological polar surface area (TPSA) is 91.5 Å². The molecule has 0 fully saturated rings. The van der Waals surface area contributed by atoms with Crippen molar-refractivity contribution in [1.29, 1.82) is 10.5 Å². The van der Waals surface area contributed by atoms with Crippen molar-refractivity contribution in [3.05, 3.63) is 45.6 Å². The maximum Gasteiger partial charge on any atom is 0.155 e. The number of nitrogens with one attached hydrogen (secondary N) is 2. The van der Waals surface area contributed by atoms with Crippen LogP contribution in [0.1, 0.15) is 37.8 Å². The van der Waals surface area contributed by atoms with Crippen molar-refractivity contribution in [1.82, 2.24) is 15.1 Å². The molecule has 0 radical (unpaired) electrons. The fourth-order valence-corrected chi connectivity index (χ4v) is 3.73. The van der Waals surface area contributed by atoms with Crippen molar-refractivity contribution in [3.63, 3.8) is 0 Å². The third kappa shape index (κ3) is 2.55. The Kier molecular flexibility index (Phi) is 4.63. The first-order chi connectivity index (χ1) is 12.9. The standard InChI is InChI=1S/C20H21FN6/c1-6-12-18(21)13(7-14-19(12)25-26-20(14)24-4)17-15(8-22)10(2)27(5)11(3)16(17)9-23/h7,17H,6H2,1-5H3,(H2,24,25,26). The number of aromatic amines is 1. The molecule has 1 aliphatic heterocycles. The lowest BCUT2D eigenvalue weighted by Crippen LogP contribution is -2.26. The van der Waals surface area contributed by atoms with Crippen molar-refractivity contribution in [3.8, 4) is 12.1 Å². The first-order valence-electron chi connectivity index (χ1n) is 8.73. The van der Waals surface area contributed by atoms with Crippen LogP contribution in [0.2, 0.25) is 0 Å². The zero-order valence-corrected chi connectivity index (χ0v) is 16.0. The highest BCUT2D eigenvalue weighted by molar-refractivity contribution is 5.93. The molecule has 1 aromatic carbocycles. The summed E-state index contributed by atoms with van der Waals surface area (Å²) >= 11 is 0. The average Bonchev–Trinajstić information content (AvgIpc) is 3.08. The summed E-state index contributed by atoms with van der Waals surface area (Å²) < 4.78 is 15.5. The van der Waals surface area contributed by atoms with Crippen LogP contribution in [0.25, 0.3) is 10.9 Å². The Labute approximate surface area is 157 Å². The van der Waals surface area contributed by atoms with E-state index in [4.69, 9.17) is 0 Å². The van der Waals surface area contributed by atoms with Crippen LogP contribution in [0.4, 0.5) is 10.2 Å². The van der Waals surface area contributed by atoms with E-state index in [9.17, 15) is 10.5 Å². The zero-order chi connectivity index (χ0) is 19.9. The van der Waals surface area contributed by atoms with E-state index < -0.39 is 11.7 Å². The van der Waals surface area contributed by atoms with Crippen molar-refractivity contribution in [2.24, 2.45) is 0 Å². The van der Waals surface area contributed by atoms with Crippen LogP contribution in [0.5, 0.6) is 0 Å². The summed E-state index contributed by atoms with van der Waals surface area (Å²) in [5, 5.41) is 30.4. The minimum absolute atomic E-state index is 0.331. The molecule has 0 atom stereocenters. The predicted octanol–water partition coefficient (Wildman–Crippen LogP) is 3.93. The lowest BCUT2D eigenvalue weighted by atomic mass is 9.79. The number of nitrogens with zero attached hydrogens (tertiary/aromatic N) is 4. The van der Waals surface area contributed by atoms with Crippen molar-refractivity contribution < 1.29 is 4.39 Å². The number of hydrogen-bond donors (Lipinski definition) is 2. The summed E-state index contributed by atoms with van der Waals surface area (Å²) in [6, 6.07) is 6.10. The number of benzene rings is 1. The number of allylic oxidation sites excluding steroid dienone is 4. The van der Waals surface area contributed by atoms with Gasteiger partial charge in [-0.15, -0.1) is 0 Å². The highest BCUT2D eigenvalue weighted by Crippen LogP contribution is 2.43. The highest BCUT2D eigenvalue weighted by atomic mass is 19.1. The highest BCUT2D eigenvalue weighted by Gasteiger charge is 2.34. The third-order valence-electron chi connectivity index (χ3n) is 5.43. The van der Waals surface area contributed by atoms with Gasteiger partial charge in [0.25, 0.3) is 0 Å². The van der Waals surface area contributed by atoms with E-state index in [2.05, 4.69) is 27.7 Å². The summed E-state index contributed by atoms with van der Waals surface area (Å²) in [7, 11) is 3.55. The van der Waals surface area contributed by atoms with Crippen molar-refractivity contribution >= 4 is 16.7 Å². The molecule has 6 nitrogen and oxygen atoms in total. The Morgan fingerprint density at radius 2 is 1.85 bits per heavy atom. The maximum atomic E-state index is 15.5.